The van der Waals surface area contributed by atoms with Crippen molar-refractivity contribution in [2.75, 3.05) is 0 Å². The highest BCUT2D eigenvalue weighted by Gasteiger charge is 2.61. The standard InChI is InChI=1S/C34H50O2/c1-22(2)10-9-11-23(3)28-16-17-29-26-15-14-25-20-31(35)27(32(36)24-12-7-6-8-13-24)21-34(25,5)30(26)18-19-33(28,29)4/h6-8,12-13,22-23,25-26,28-30,36H,9-11,14-21H2,1-5H3/b32-27-/t23-,25+,26-,28-,29+,30-,33-,34+/m1/s1. The number of Topliss-reactive ketones (excluding diaryl/α,β-unsaturated/α-hetero) is 1. The lowest BCUT2D eigenvalue weighted by molar-refractivity contribution is -0.133. The van der Waals surface area contributed by atoms with Gasteiger partial charge in [-0.25, -0.2) is 0 Å². The van der Waals surface area contributed by atoms with E-state index in [1.165, 1.54) is 57.8 Å². The third-order valence-corrected chi connectivity index (χ3v) is 11.9. The third-order valence-electron chi connectivity index (χ3n) is 11.9. The molecule has 0 radical (unpaired) electrons. The number of hydrogen-bond donors (Lipinski definition) is 1. The van der Waals surface area contributed by atoms with Crippen molar-refractivity contribution >= 4 is 11.5 Å². The molecule has 0 spiro atoms. The second kappa shape index (κ2) is 9.95. The minimum Gasteiger partial charge on any atom is -0.507 e. The number of benzene rings is 1. The van der Waals surface area contributed by atoms with Gasteiger partial charge in [-0.15, -0.1) is 0 Å². The van der Waals surface area contributed by atoms with Crippen LogP contribution in [0.4, 0.5) is 0 Å². The molecule has 1 aromatic carbocycles. The molecule has 2 heteroatoms. The molecule has 1 N–H and O–H groups in total. The summed E-state index contributed by atoms with van der Waals surface area (Å²) in [5.41, 5.74) is 2.13. The molecule has 0 bridgehead atoms. The highest BCUT2D eigenvalue weighted by Crippen LogP contribution is 2.68. The van der Waals surface area contributed by atoms with E-state index in [2.05, 4.69) is 34.6 Å². The number of rotatable bonds is 6. The molecule has 5 rings (SSSR count). The predicted molar refractivity (Wildman–Crippen MR) is 149 cm³/mol. The number of carbonyl (C=O) groups is 1. The Morgan fingerprint density at radius 1 is 0.944 bits per heavy atom. The summed E-state index contributed by atoms with van der Waals surface area (Å²) < 4.78 is 0. The van der Waals surface area contributed by atoms with Gasteiger partial charge in [0.15, 0.2) is 5.78 Å². The lowest BCUT2D eigenvalue weighted by atomic mass is 9.44. The molecule has 198 valence electrons. The first-order valence-electron chi connectivity index (χ1n) is 15.2. The first-order chi connectivity index (χ1) is 17.1. The number of aliphatic hydroxyl groups excluding tert-OH is 1. The number of hydrogen-bond acceptors (Lipinski definition) is 2. The number of ketones is 1. The first-order valence-corrected chi connectivity index (χ1v) is 15.2. The molecule has 0 aliphatic heterocycles. The fourth-order valence-corrected chi connectivity index (χ4v) is 9.98. The maximum absolute atomic E-state index is 13.2. The number of allylic oxidation sites excluding steroid dienone is 1. The molecule has 4 saturated carbocycles. The SMILES string of the molecule is CC(C)CCC[C@@H](C)[C@H]1CC[C@H]2[C@H]3CC[C@H]4CC(=O)/C(=C(\O)c5ccccc5)C[C@]4(C)[C@@H]3CC[C@]12C. The van der Waals surface area contributed by atoms with E-state index in [9.17, 15) is 9.90 Å². The molecule has 0 saturated heterocycles. The quantitative estimate of drug-likeness (QED) is 0.319. The maximum atomic E-state index is 13.2. The van der Waals surface area contributed by atoms with Gasteiger partial charge in [-0.3, -0.25) is 4.79 Å². The fourth-order valence-electron chi connectivity index (χ4n) is 9.98. The molecule has 2 nitrogen and oxygen atoms in total. The second-order valence-electron chi connectivity index (χ2n) is 14.2. The van der Waals surface area contributed by atoms with Crippen LogP contribution in [-0.2, 0) is 4.79 Å². The van der Waals surface area contributed by atoms with Gasteiger partial charge in [0.2, 0.25) is 0 Å². The van der Waals surface area contributed by atoms with Gasteiger partial charge in [-0.2, -0.15) is 0 Å². The lowest BCUT2D eigenvalue weighted by Gasteiger charge is -2.60. The van der Waals surface area contributed by atoms with E-state index in [4.69, 9.17) is 0 Å². The fraction of sp³-hybridized carbons (Fsp3) is 0.735. The summed E-state index contributed by atoms with van der Waals surface area (Å²) in [6.45, 7) is 12.4. The molecule has 0 unspecified atom stereocenters. The van der Waals surface area contributed by atoms with Crippen molar-refractivity contribution in [3.63, 3.8) is 0 Å². The van der Waals surface area contributed by atoms with Gasteiger partial charge in [-0.1, -0.05) is 84.2 Å². The van der Waals surface area contributed by atoms with Gasteiger partial charge in [0.25, 0.3) is 0 Å². The predicted octanol–water partition coefficient (Wildman–Crippen LogP) is 9.26. The van der Waals surface area contributed by atoms with Gasteiger partial charge in [0.1, 0.15) is 5.76 Å². The molecular formula is C34H50O2. The van der Waals surface area contributed by atoms with Crippen molar-refractivity contribution in [2.24, 2.45) is 52.3 Å². The summed E-state index contributed by atoms with van der Waals surface area (Å²) >= 11 is 0. The van der Waals surface area contributed by atoms with Crippen LogP contribution >= 0.6 is 0 Å². The van der Waals surface area contributed by atoms with Crippen LogP contribution in [0, 0.1) is 52.3 Å². The Labute approximate surface area is 220 Å². The van der Waals surface area contributed by atoms with E-state index >= 15 is 0 Å². The molecule has 36 heavy (non-hydrogen) atoms. The van der Waals surface area contributed by atoms with Gasteiger partial charge >= 0.3 is 0 Å². The van der Waals surface area contributed by atoms with Crippen LogP contribution in [0.25, 0.3) is 5.76 Å². The molecule has 4 fully saturated rings. The van der Waals surface area contributed by atoms with Crippen molar-refractivity contribution in [3.05, 3.63) is 41.5 Å². The topological polar surface area (TPSA) is 37.3 Å². The largest absolute Gasteiger partial charge is 0.507 e. The van der Waals surface area contributed by atoms with Gasteiger partial charge in [0, 0.05) is 17.6 Å². The van der Waals surface area contributed by atoms with Crippen LogP contribution < -0.4 is 0 Å². The first kappa shape index (κ1) is 26.1. The van der Waals surface area contributed by atoms with Gasteiger partial charge in [0.05, 0.1) is 0 Å². The zero-order chi connectivity index (χ0) is 25.7. The highest BCUT2D eigenvalue weighted by atomic mass is 16.3. The van der Waals surface area contributed by atoms with Crippen LogP contribution in [0.15, 0.2) is 35.9 Å². The monoisotopic (exact) mass is 490 g/mol. The van der Waals surface area contributed by atoms with Gasteiger partial charge in [-0.05, 0) is 97.2 Å². The van der Waals surface area contributed by atoms with E-state index in [1.54, 1.807) is 0 Å². The van der Waals surface area contributed by atoms with Crippen LogP contribution in [-0.4, -0.2) is 10.9 Å². The van der Waals surface area contributed by atoms with Crippen molar-refractivity contribution in [3.8, 4) is 0 Å². The highest BCUT2D eigenvalue weighted by molar-refractivity contribution is 6.02. The molecule has 8 atom stereocenters. The Bertz CT molecular complexity index is 976. The molecule has 1 aromatic rings. The summed E-state index contributed by atoms with van der Waals surface area (Å²) in [6.07, 6.45) is 13.6. The van der Waals surface area contributed by atoms with E-state index in [1.807, 2.05) is 30.3 Å². The zero-order valence-electron chi connectivity index (χ0n) is 23.6. The molecular weight excluding hydrogens is 440 g/mol. The Morgan fingerprint density at radius 3 is 2.39 bits per heavy atom. The summed E-state index contributed by atoms with van der Waals surface area (Å²) in [4.78, 5) is 13.2. The lowest BCUT2D eigenvalue weighted by Crippen LogP contribution is -2.54. The van der Waals surface area contributed by atoms with E-state index in [-0.39, 0.29) is 17.0 Å². The number of aliphatic hydroxyl groups is 1. The molecule has 0 amide bonds. The average Bonchev–Trinajstić information content (AvgIpc) is 3.21. The van der Waals surface area contributed by atoms with E-state index in [0.717, 1.165) is 41.6 Å². The molecule has 0 heterocycles. The van der Waals surface area contributed by atoms with Crippen molar-refractivity contribution in [1.29, 1.82) is 0 Å². The minimum atomic E-state index is 0.136. The van der Waals surface area contributed by atoms with Crippen molar-refractivity contribution in [2.45, 2.75) is 105 Å². The number of carbonyl (C=O) groups excluding carboxylic acids is 1. The summed E-state index contributed by atoms with van der Waals surface area (Å²) in [5, 5.41) is 11.2. The van der Waals surface area contributed by atoms with Crippen molar-refractivity contribution in [1.82, 2.24) is 0 Å². The molecule has 4 aliphatic carbocycles. The van der Waals surface area contributed by atoms with E-state index in [0.29, 0.717) is 29.2 Å². The molecule has 4 aliphatic rings. The summed E-state index contributed by atoms with van der Waals surface area (Å²) in [6, 6.07) is 9.72. The smallest absolute Gasteiger partial charge is 0.162 e. The summed E-state index contributed by atoms with van der Waals surface area (Å²) in [7, 11) is 0. The van der Waals surface area contributed by atoms with E-state index < -0.39 is 0 Å². The Morgan fingerprint density at radius 2 is 1.67 bits per heavy atom. The van der Waals surface area contributed by atoms with Crippen LogP contribution in [0.1, 0.15) is 111 Å². The summed E-state index contributed by atoms with van der Waals surface area (Å²) in [5.74, 6) is 5.78. The second-order valence-corrected chi connectivity index (χ2v) is 14.2. The Kier molecular flexibility index (Phi) is 7.20. The minimum absolute atomic E-state index is 0.136. The van der Waals surface area contributed by atoms with Crippen LogP contribution in [0.5, 0.6) is 0 Å². The van der Waals surface area contributed by atoms with Crippen LogP contribution in [0.2, 0.25) is 0 Å². The maximum Gasteiger partial charge on any atom is 0.162 e. The van der Waals surface area contributed by atoms with Gasteiger partial charge < -0.3 is 5.11 Å². The Hall–Kier alpha value is -1.57. The average molecular weight is 491 g/mol. The normalized spacial score (nSPS) is 40.4. The zero-order valence-corrected chi connectivity index (χ0v) is 23.6. The Balaban J connectivity index is 1.36. The number of fused-ring (bicyclic) bond motifs is 5. The van der Waals surface area contributed by atoms with Crippen molar-refractivity contribution < 1.29 is 9.90 Å². The van der Waals surface area contributed by atoms with Crippen LogP contribution in [0.3, 0.4) is 0 Å². The molecule has 0 aromatic heterocycles. The third kappa shape index (κ3) is 4.39.